The number of hydrogen-bond donors (Lipinski definition) is 1. The van der Waals surface area contributed by atoms with Gasteiger partial charge >= 0.3 is 0 Å². The van der Waals surface area contributed by atoms with Crippen LogP contribution in [0, 0.1) is 5.41 Å². The van der Waals surface area contributed by atoms with Crippen LogP contribution < -0.4 is 4.74 Å². The number of hydrogen-bond acceptors (Lipinski definition) is 5. The highest BCUT2D eigenvalue weighted by Crippen LogP contribution is 2.36. The molecule has 0 bridgehead atoms. The number of benzene rings is 1. The van der Waals surface area contributed by atoms with Crippen LogP contribution in [0.25, 0.3) is 0 Å². The van der Waals surface area contributed by atoms with Gasteiger partial charge in [0.25, 0.3) is 0 Å². The van der Waals surface area contributed by atoms with Crippen LogP contribution in [0.5, 0.6) is 5.75 Å². The molecule has 0 unspecified atom stereocenters. The highest BCUT2D eigenvalue weighted by atomic mass is 32.2. The van der Waals surface area contributed by atoms with E-state index in [0.717, 1.165) is 25.7 Å². The fraction of sp³-hybridized carbons (Fsp3) is 0.647. The molecular formula is C17H27NO5S. The SMILES string of the molecule is COCCC[C@]1(CO)CCCN(S(=O)(=O)c2ccc(OC)cc2)C1. The molecule has 1 aliphatic heterocycles. The maximum Gasteiger partial charge on any atom is 0.243 e. The molecule has 1 aromatic rings. The van der Waals surface area contributed by atoms with E-state index in [1.54, 1.807) is 38.5 Å². The van der Waals surface area contributed by atoms with Gasteiger partial charge in [-0.2, -0.15) is 4.31 Å². The fourth-order valence-corrected chi connectivity index (χ4v) is 4.86. The average molecular weight is 357 g/mol. The van der Waals surface area contributed by atoms with Crippen molar-refractivity contribution in [2.45, 2.75) is 30.6 Å². The Balaban J connectivity index is 2.16. The Bertz CT molecular complexity index is 616. The molecule has 136 valence electrons. The van der Waals surface area contributed by atoms with Crippen molar-refractivity contribution >= 4 is 10.0 Å². The predicted molar refractivity (Wildman–Crippen MR) is 91.6 cm³/mol. The van der Waals surface area contributed by atoms with E-state index in [9.17, 15) is 13.5 Å². The van der Waals surface area contributed by atoms with Crippen molar-refractivity contribution in [3.8, 4) is 5.75 Å². The van der Waals surface area contributed by atoms with Crippen molar-refractivity contribution in [3.05, 3.63) is 24.3 Å². The van der Waals surface area contributed by atoms with Crippen LogP contribution in [0.1, 0.15) is 25.7 Å². The summed E-state index contributed by atoms with van der Waals surface area (Å²) in [6.07, 6.45) is 3.16. The van der Waals surface area contributed by atoms with E-state index in [2.05, 4.69) is 0 Å². The predicted octanol–water partition coefficient (Wildman–Crippen LogP) is 1.89. The minimum atomic E-state index is -3.56. The molecular weight excluding hydrogens is 330 g/mol. The molecule has 1 fully saturated rings. The molecule has 24 heavy (non-hydrogen) atoms. The van der Waals surface area contributed by atoms with E-state index in [1.165, 1.54) is 4.31 Å². The second-order valence-electron chi connectivity index (χ2n) is 6.37. The van der Waals surface area contributed by atoms with E-state index in [-0.39, 0.29) is 16.9 Å². The lowest BCUT2D eigenvalue weighted by Crippen LogP contribution is -2.47. The summed E-state index contributed by atoms with van der Waals surface area (Å²) in [7, 11) is -0.372. The Morgan fingerprint density at radius 1 is 1.25 bits per heavy atom. The molecule has 1 atom stereocenters. The number of aliphatic hydroxyl groups is 1. The molecule has 0 radical (unpaired) electrons. The quantitative estimate of drug-likeness (QED) is 0.719. The third-order valence-corrected chi connectivity index (χ3v) is 6.57. The zero-order valence-corrected chi connectivity index (χ0v) is 15.2. The van der Waals surface area contributed by atoms with Crippen LogP contribution in [-0.4, -0.2) is 58.4 Å². The first kappa shape index (κ1) is 19.2. The third-order valence-electron chi connectivity index (χ3n) is 4.71. The minimum absolute atomic E-state index is 0.00858. The van der Waals surface area contributed by atoms with E-state index in [0.29, 0.717) is 25.4 Å². The summed E-state index contributed by atoms with van der Waals surface area (Å²) < 4.78 is 37.5. The van der Waals surface area contributed by atoms with Gasteiger partial charge in [-0.1, -0.05) is 0 Å². The topological polar surface area (TPSA) is 76.1 Å². The largest absolute Gasteiger partial charge is 0.497 e. The van der Waals surface area contributed by atoms with Crippen LogP contribution in [-0.2, 0) is 14.8 Å². The number of nitrogens with zero attached hydrogens (tertiary/aromatic N) is 1. The van der Waals surface area contributed by atoms with Gasteiger partial charge in [0.1, 0.15) is 5.75 Å². The fourth-order valence-electron chi connectivity index (χ4n) is 3.27. The number of rotatable bonds is 8. The monoisotopic (exact) mass is 357 g/mol. The van der Waals surface area contributed by atoms with Crippen LogP contribution >= 0.6 is 0 Å². The van der Waals surface area contributed by atoms with Crippen molar-refractivity contribution in [2.75, 3.05) is 40.5 Å². The van der Waals surface area contributed by atoms with Gasteiger partial charge in [-0.3, -0.25) is 0 Å². The van der Waals surface area contributed by atoms with Crippen molar-refractivity contribution in [2.24, 2.45) is 5.41 Å². The standard InChI is InChI=1S/C17H27NO5S/c1-22-12-4-10-17(14-19)9-3-11-18(13-17)24(20,21)16-7-5-15(23-2)6-8-16/h5-8,19H,3-4,9-14H2,1-2H3/t17-/m1/s1. The first-order chi connectivity index (χ1) is 11.5. The second kappa shape index (κ2) is 8.29. The maximum atomic E-state index is 12.9. The van der Waals surface area contributed by atoms with Gasteiger partial charge in [0.05, 0.1) is 12.0 Å². The molecule has 0 aromatic heterocycles. The van der Waals surface area contributed by atoms with Crippen molar-refractivity contribution < 1.29 is 23.0 Å². The molecule has 7 heteroatoms. The van der Waals surface area contributed by atoms with E-state index >= 15 is 0 Å². The highest BCUT2D eigenvalue weighted by Gasteiger charge is 2.39. The molecule has 0 amide bonds. The van der Waals surface area contributed by atoms with E-state index in [1.807, 2.05) is 0 Å². The number of sulfonamides is 1. The van der Waals surface area contributed by atoms with Gasteiger partial charge in [0.2, 0.25) is 10.0 Å². The molecule has 0 saturated carbocycles. The zero-order chi connectivity index (χ0) is 17.6. The highest BCUT2D eigenvalue weighted by molar-refractivity contribution is 7.89. The average Bonchev–Trinajstić information content (AvgIpc) is 2.62. The van der Waals surface area contributed by atoms with Gasteiger partial charge < -0.3 is 14.6 Å². The number of aliphatic hydroxyl groups excluding tert-OH is 1. The summed E-state index contributed by atoms with van der Waals surface area (Å²) in [6, 6.07) is 6.42. The molecule has 1 aliphatic rings. The Kier molecular flexibility index (Phi) is 6.62. The lowest BCUT2D eigenvalue weighted by molar-refractivity contribution is 0.0472. The Morgan fingerprint density at radius 3 is 2.54 bits per heavy atom. The Morgan fingerprint density at radius 2 is 1.96 bits per heavy atom. The van der Waals surface area contributed by atoms with Gasteiger partial charge in [0.15, 0.2) is 0 Å². The number of ether oxygens (including phenoxy) is 2. The molecule has 0 spiro atoms. The maximum absolute atomic E-state index is 12.9. The molecule has 1 aromatic carbocycles. The van der Waals surface area contributed by atoms with Crippen LogP contribution in [0.15, 0.2) is 29.2 Å². The lowest BCUT2D eigenvalue weighted by atomic mass is 9.78. The summed E-state index contributed by atoms with van der Waals surface area (Å²) in [5.74, 6) is 0.622. The van der Waals surface area contributed by atoms with Gasteiger partial charge in [0, 0.05) is 38.8 Å². The van der Waals surface area contributed by atoms with Crippen LogP contribution in [0.2, 0.25) is 0 Å². The van der Waals surface area contributed by atoms with E-state index in [4.69, 9.17) is 9.47 Å². The Hall–Kier alpha value is -1.15. The van der Waals surface area contributed by atoms with Crippen molar-refractivity contribution in [3.63, 3.8) is 0 Å². The van der Waals surface area contributed by atoms with Gasteiger partial charge in [-0.25, -0.2) is 8.42 Å². The van der Waals surface area contributed by atoms with Crippen molar-refractivity contribution in [1.29, 1.82) is 0 Å². The Labute approximate surface area is 144 Å². The van der Waals surface area contributed by atoms with Crippen LogP contribution in [0.4, 0.5) is 0 Å². The summed E-state index contributed by atoms with van der Waals surface area (Å²) in [5.41, 5.74) is -0.379. The molecule has 0 aliphatic carbocycles. The molecule has 2 rings (SSSR count). The summed E-state index contributed by atoms with van der Waals surface area (Å²) >= 11 is 0. The number of piperidine rings is 1. The smallest absolute Gasteiger partial charge is 0.243 e. The number of methoxy groups -OCH3 is 2. The molecule has 1 N–H and O–H groups in total. The van der Waals surface area contributed by atoms with E-state index < -0.39 is 10.0 Å². The third kappa shape index (κ3) is 4.27. The minimum Gasteiger partial charge on any atom is -0.497 e. The normalized spacial score (nSPS) is 22.5. The second-order valence-corrected chi connectivity index (χ2v) is 8.31. The van der Waals surface area contributed by atoms with Gasteiger partial charge in [-0.15, -0.1) is 0 Å². The summed E-state index contributed by atoms with van der Waals surface area (Å²) in [4.78, 5) is 0.258. The first-order valence-electron chi connectivity index (χ1n) is 8.21. The first-order valence-corrected chi connectivity index (χ1v) is 9.65. The molecule has 1 saturated heterocycles. The van der Waals surface area contributed by atoms with Crippen molar-refractivity contribution in [1.82, 2.24) is 4.31 Å². The van der Waals surface area contributed by atoms with Gasteiger partial charge in [-0.05, 0) is 49.9 Å². The van der Waals surface area contributed by atoms with Crippen LogP contribution in [0.3, 0.4) is 0 Å². The molecule has 6 nitrogen and oxygen atoms in total. The molecule has 1 heterocycles. The summed E-state index contributed by atoms with van der Waals surface area (Å²) in [5, 5.41) is 9.88. The lowest BCUT2D eigenvalue weighted by Gasteiger charge is -2.41. The zero-order valence-electron chi connectivity index (χ0n) is 14.4. The summed E-state index contributed by atoms with van der Waals surface area (Å²) in [6.45, 7) is 1.44.